The Kier molecular flexibility index (Phi) is 7.86. The maximum Gasteiger partial charge on any atom is 0.238 e. The first-order chi connectivity index (χ1) is 14.8. The van der Waals surface area contributed by atoms with E-state index in [-0.39, 0.29) is 5.91 Å². The Labute approximate surface area is 196 Å². The quantitative estimate of drug-likeness (QED) is 0.349. The summed E-state index contributed by atoms with van der Waals surface area (Å²) >= 11 is 13.8. The Balaban J connectivity index is 1.97. The molecule has 1 N–H and O–H groups in total. The Hall–Kier alpha value is -2.22. The van der Waals surface area contributed by atoms with Crippen LogP contribution in [0.5, 0.6) is 5.75 Å². The smallest absolute Gasteiger partial charge is 0.238 e. The van der Waals surface area contributed by atoms with Crippen LogP contribution in [0.25, 0.3) is 5.69 Å². The van der Waals surface area contributed by atoms with Crippen LogP contribution in [0, 0.1) is 6.92 Å². The topological polar surface area (TPSA) is 69.0 Å². The zero-order valence-corrected chi connectivity index (χ0v) is 20.1. The Bertz CT molecular complexity index is 1070. The number of hydrogen-bond acceptors (Lipinski definition) is 5. The van der Waals surface area contributed by atoms with Crippen molar-refractivity contribution in [2.45, 2.75) is 43.1 Å². The molecule has 9 heteroatoms. The molecule has 1 heterocycles. The van der Waals surface area contributed by atoms with Crippen molar-refractivity contribution in [3.63, 3.8) is 0 Å². The molecule has 1 aromatic heterocycles. The number of carbonyl (C=O) groups excluding carboxylic acids is 1. The second-order valence-corrected chi connectivity index (χ2v) is 9.13. The molecule has 1 amide bonds. The predicted octanol–water partition coefficient (Wildman–Crippen LogP) is 5.33. The zero-order chi connectivity index (χ0) is 22.5. The molecule has 0 fully saturated rings. The first-order valence-corrected chi connectivity index (χ1v) is 11.5. The van der Waals surface area contributed by atoms with Crippen molar-refractivity contribution in [1.29, 1.82) is 0 Å². The van der Waals surface area contributed by atoms with E-state index in [0.717, 1.165) is 22.6 Å². The molecular formula is C22H24Cl2N4O2S. The monoisotopic (exact) mass is 478 g/mol. The van der Waals surface area contributed by atoms with Crippen molar-refractivity contribution in [3.05, 3.63) is 64.4 Å². The van der Waals surface area contributed by atoms with Gasteiger partial charge in [0, 0.05) is 10.8 Å². The molecule has 31 heavy (non-hydrogen) atoms. The maximum absolute atomic E-state index is 12.1. The number of alkyl halides is 1. The van der Waals surface area contributed by atoms with E-state index in [1.165, 1.54) is 0 Å². The molecule has 0 spiro atoms. The molecular weight excluding hydrogens is 455 g/mol. The summed E-state index contributed by atoms with van der Waals surface area (Å²) in [6, 6.07) is 13.2. The van der Waals surface area contributed by atoms with Crippen molar-refractivity contribution in [2.75, 3.05) is 7.11 Å². The normalized spacial score (nSPS) is 13.0. The molecule has 3 aromatic rings. The molecule has 0 aliphatic heterocycles. The summed E-state index contributed by atoms with van der Waals surface area (Å²) < 4.78 is 7.25. The lowest BCUT2D eigenvalue weighted by molar-refractivity contribution is -0.121. The van der Waals surface area contributed by atoms with Gasteiger partial charge in [-0.2, -0.15) is 0 Å². The number of hydrogen-bond donors (Lipinski definition) is 1. The Morgan fingerprint density at radius 2 is 2.00 bits per heavy atom. The van der Waals surface area contributed by atoms with Gasteiger partial charge in [0.15, 0.2) is 11.0 Å². The standard InChI is InChI=1S/C22H24Cl2N4O2S/c1-13-8-9-17(24)11-19(13)28-20(15(3)25-21(29)14(2)23)26-27-22(28)31-12-16-6-5-7-18(10-16)30-4/h5-11,14-15H,12H2,1-4H3,(H,25,29). The van der Waals surface area contributed by atoms with Crippen LogP contribution in [0.1, 0.15) is 36.8 Å². The number of amides is 1. The largest absolute Gasteiger partial charge is 0.497 e. The summed E-state index contributed by atoms with van der Waals surface area (Å²) in [5, 5.41) is 12.3. The van der Waals surface area contributed by atoms with Crippen molar-refractivity contribution in [1.82, 2.24) is 20.1 Å². The number of methoxy groups -OCH3 is 1. The summed E-state index contributed by atoms with van der Waals surface area (Å²) in [4.78, 5) is 12.1. The molecule has 2 atom stereocenters. The zero-order valence-electron chi connectivity index (χ0n) is 17.7. The van der Waals surface area contributed by atoms with Gasteiger partial charge in [0.2, 0.25) is 5.91 Å². The third-order valence-corrected chi connectivity index (χ3v) is 6.11. The lowest BCUT2D eigenvalue weighted by Crippen LogP contribution is -2.33. The SMILES string of the molecule is COc1cccc(CSc2nnc(C(C)NC(=O)C(C)Cl)n2-c2cc(Cl)ccc2C)c1. The molecule has 0 saturated heterocycles. The average Bonchev–Trinajstić information content (AvgIpc) is 3.17. The average molecular weight is 479 g/mol. The van der Waals surface area contributed by atoms with Crippen LogP contribution < -0.4 is 10.1 Å². The number of aromatic nitrogens is 3. The van der Waals surface area contributed by atoms with E-state index in [1.54, 1.807) is 25.8 Å². The highest BCUT2D eigenvalue weighted by molar-refractivity contribution is 7.98. The second-order valence-electron chi connectivity index (χ2n) is 7.09. The van der Waals surface area contributed by atoms with Gasteiger partial charge >= 0.3 is 0 Å². The minimum atomic E-state index is -0.645. The van der Waals surface area contributed by atoms with E-state index in [0.29, 0.717) is 21.8 Å². The number of benzene rings is 2. The number of halogens is 2. The van der Waals surface area contributed by atoms with Crippen molar-refractivity contribution in [2.24, 2.45) is 0 Å². The van der Waals surface area contributed by atoms with E-state index in [2.05, 4.69) is 15.5 Å². The van der Waals surface area contributed by atoms with Crippen LogP contribution in [0.2, 0.25) is 5.02 Å². The molecule has 2 unspecified atom stereocenters. The highest BCUT2D eigenvalue weighted by Gasteiger charge is 2.23. The molecule has 0 aliphatic rings. The van der Waals surface area contributed by atoms with Crippen molar-refractivity contribution >= 4 is 40.9 Å². The van der Waals surface area contributed by atoms with Gasteiger partial charge in [-0.3, -0.25) is 9.36 Å². The molecule has 2 aromatic carbocycles. The minimum Gasteiger partial charge on any atom is -0.497 e. The molecule has 0 bridgehead atoms. The third kappa shape index (κ3) is 5.73. The van der Waals surface area contributed by atoms with Gasteiger partial charge in [0.05, 0.1) is 18.8 Å². The molecule has 3 rings (SSSR count). The lowest BCUT2D eigenvalue weighted by Gasteiger charge is -2.18. The highest BCUT2D eigenvalue weighted by Crippen LogP contribution is 2.31. The van der Waals surface area contributed by atoms with Gasteiger partial charge in [-0.15, -0.1) is 21.8 Å². The minimum absolute atomic E-state index is 0.267. The van der Waals surface area contributed by atoms with Crippen molar-refractivity contribution < 1.29 is 9.53 Å². The van der Waals surface area contributed by atoms with E-state index in [4.69, 9.17) is 27.9 Å². The van der Waals surface area contributed by atoms with Crippen LogP contribution in [-0.4, -0.2) is 33.2 Å². The van der Waals surface area contributed by atoms with Gasteiger partial charge in [-0.25, -0.2) is 0 Å². The van der Waals surface area contributed by atoms with Crippen LogP contribution in [0.3, 0.4) is 0 Å². The number of ether oxygens (including phenoxy) is 1. The summed E-state index contributed by atoms with van der Waals surface area (Å²) in [6.07, 6.45) is 0. The summed E-state index contributed by atoms with van der Waals surface area (Å²) in [7, 11) is 1.65. The van der Waals surface area contributed by atoms with E-state index in [9.17, 15) is 4.79 Å². The van der Waals surface area contributed by atoms with E-state index in [1.807, 2.05) is 60.9 Å². The van der Waals surface area contributed by atoms with Crippen LogP contribution in [0.4, 0.5) is 0 Å². The van der Waals surface area contributed by atoms with Gasteiger partial charge in [0.25, 0.3) is 0 Å². The summed E-state index contributed by atoms with van der Waals surface area (Å²) in [6.45, 7) is 5.48. The lowest BCUT2D eigenvalue weighted by atomic mass is 10.2. The molecule has 0 saturated carbocycles. The number of nitrogens with one attached hydrogen (secondary N) is 1. The van der Waals surface area contributed by atoms with Crippen LogP contribution >= 0.6 is 35.0 Å². The third-order valence-electron chi connectivity index (χ3n) is 4.68. The second kappa shape index (κ2) is 10.4. The van der Waals surface area contributed by atoms with E-state index < -0.39 is 11.4 Å². The fraction of sp³-hybridized carbons (Fsp3) is 0.318. The number of rotatable bonds is 8. The van der Waals surface area contributed by atoms with Crippen molar-refractivity contribution in [3.8, 4) is 11.4 Å². The molecule has 0 radical (unpaired) electrons. The van der Waals surface area contributed by atoms with Gasteiger partial charge < -0.3 is 10.1 Å². The molecule has 164 valence electrons. The summed E-state index contributed by atoms with van der Waals surface area (Å²) in [5.74, 6) is 1.81. The number of aryl methyl sites for hydroxylation is 1. The fourth-order valence-corrected chi connectivity index (χ4v) is 4.13. The number of carbonyl (C=O) groups is 1. The molecule has 0 aliphatic carbocycles. The predicted molar refractivity (Wildman–Crippen MR) is 126 cm³/mol. The molecule has 6 nitrogen and oxygen atoms in total. The van der Waals surface area contributed by atoms with Crippen LogP contribution in [0.15, 0.2) is 47.6 Å². The Morgan fingerprint density at radius 3 is 2.71 bits per heavy atom. The van der Waals surface area contributed by atoms with Gasteiger partial charge in [0.1, 0.15) is 11.1 Å². The van der Waals surface area contributed by atoms with Crippen LogP contribution in [-0.2, 0) is 10.5 Å². The first kappa shape index (κ1) is 23.4. The first-order valence-electron chi connectivity index (χ1n) is 9.72. The summed E-state index contributed by atoms with van der Waals surface area (Å²) in [5.41, 5.74) is 2.97. The van der Waals surface area contributed by atoms with Gasteiger partial charge in [-0.05, 0) is 56.2 Å². The van der Waals surface area contributed by atoms with Gasteiger partial charge in [-0.1, -0.05) is 41.6 Å². The van der Waals surface area contributed by atoms with E-state index >= 15 is 0 Å². The fourth-order valence-electron chi connectivity index (χ4n) is 3.01. The maximum atomic E-state index is 12.1. The number of thioether (sulfide) groups is 1. The number of nitrogens with zero attached hydrogens (tertiary/aromatic N) is 3. The highest BCUT2D eigenvalue weighted by atomic mass is 35.5. The Morgan fingerprint density at radius 1 is 1.23 bits per heavy atom.